The molecule has 0 aromatic heterocycles. The Hall–Kier alpha value is -4.44. The molecule has 1 aliphatic heterocycles. The molecule has 48 heavy (non-hydrogen) atoms. The minimum Gasteiger partial charge on any atom is -0.497 e. The third-order valence-electron chi connectivity index (χ3n) is 9.61. The van der Waals surface area contributed by atoms with Crippen molar-refractivity contribution < 1.29 is 28.9 Å². The van der Waals surface area contributed by atoms with E-state index in [2.05, 4.69) is 37.5 Å². The lowest BCUT2D eigenvalue weighted by Crippen LogP contribution is -2.55. The molecule has 9 heteroatoms. The van der Waals surface area contributed by atoms with Crippen LogP contribution in [0.4, 0.5) is 5.69 Å². The molecular formula is C39H46N2O6Si. The van der Waals surface area contributed by atoms with Crippen LogP contribution in [-0.2, 0) is 16.1 Å². The van der Waals surface area contributed by atoms with Crippen LogP contribution in [0.1, 0.15) is 40.9 Å². The highest BCUT2D eigenvalue weighted by atomic mass is 28.3. The third kappa shape index (κ3) is 7.81. The molecule has 4 atom stereocenters. The summed E-state index contributed by atoms with van der Waals surface area (Å²) in [7, 11) is 0.910. The fourth-order valence-electron chi connectivity index (χ4n) is 6.80. The van der Waals surface area contributed by atoms with Gasteiger partial charge in [-0.2, -0.15) is 0 Å². The molecule has 4 aromatic carbocycles. The zero-order valence-corrected chi connectivity index (χ0v) is 29.4. The summed E-state index contributed by atoms with van der Waals surface area (Å²) in [6.07, 6.45) is -0.416. The number of aliphatic hydroxyl groups excluding tert-OH is 1. The van der Waals surface area contributed by atoms with Gasteiger partial charge in [-0.3, -0.25) is 9.59 Å². The number of benzene rings is 4. The first kappa shape index (κ1) is 34.9. The van der Waals surface area contributed by atoms with Crippen LogP contribution in [0.3, 0.4) is 0 Å². The lowest BCUT2D eigenvalue weighted by Gasteiger charge is -2.46. The molecule has 4 aromatic rings. The summed E-state index contributed by atoms with van der Waals surface area (Å²) >= 11 is 0. The van der Waals surface area contributed by atoms with Crippen molar-refractivity contribution >= 4 is 30.8 Å². The average Bonchev–Trinajstić information content (AvgIpc) is 3.11. The molecule has 0 aliphatic carbocycles. The highest BCUT2D eigenvalue weighted by molar-refractivity contribution is 6.91. The van der Waals surface area contributed by atoms with Gasteiger partial charge in [-0.15, -0.1) is 0 Å². The van der Waals surface area contributed by atoms with Crippen LogP contribution in [-0.4, -0.2) is 63.4 Å². The third-order valence-corrected chi connectivity index (χ3v) is 13.8. The SMILES string of the molecule is COc1ccc([Si](C)(C)C(CC(=O)N(CCO)Cc2ccccc2)[C@H]2Oc3ccc(NC(=O)c4ccccc4)cc3[C@@H](OC)[C@@H]2C)cc1. The number of methoxy groups -OCH3 is 2. The Balaban J connectivity index is 1.48. The maximum atomic E-state index is 14.2. The van der Waals surface area contributed by atoms with E-state index in [1.165, 1.54) is 5.19 Å². The van der Waals surface area contributed by atoms with Crippen LogP contribution in [0.15, 0.2) is 103 Å². The summed E-state index contributed by atoms with van der Waals surface area (Å²) in [6.45, 7) is 7.22. The molecule has 0 saturated heterocycles. The molecule has 0 saturated carbocycles. The summed E-state index contributed by atoms with van der Waals surface area (Å²) < 4.78 is 18.5. The van der Waals surface area contributed by atoms with E-state index in [-0.39, 0.29) is 55.1 Å². The second-order valence-electron chi connectivity index (χ2n) is 13.0. The van der Waals surface area contributed by atoms with Gasteiger partial charge in [0.2, 0.25) is 5.91 Å². The second-order valence-corrected chi connectivity index (χ2v) is 17.7. The van der Waals surface area contributed by atoms with Crippen molar-refractivity contribution in [2.24, 2.45) is 5.92 Å². The van der Waals surface area contributed by atoms with Crippen molar-refractivity contribution in [2.45, 2.75) is 50.7 Å². The van der Waals surface area contributed by atoms with Gasteiger partial charge in [0, 0.05) is 54.9 Å². The van der Waals surface area contributed by atoms with Gasteiger partial charge >= 0.3 is 0 Å². The Morgan fingerprint density at radius 3 is 2.23 bits per heavy atom. The predicted octanol–water partition coefficient (Wildman–Crippen LogP) is 6.43. The smallest absolute Gasteiger partial charge is 0.255 e. The topological polar surface area (TPSA) is 97.3 Å². The highest BCUT2D eigenvalue weighted by Crippen LogP contribution is 2.48. The van der Waals surface area contributed by atoms with E-state index >= 15 is 0 Å². The zero-order valence-electron chi connectivity index (χ0n) is 28.4. The van der Waals surface area contributed by atoms with Crippen molar-refractivity contribution in [3.63, 3.8) is 0 Å². The Labute approximate surface area is 284 Å². The number of hydrogen-bond acceptors (Lipinski definition) is 6. The molecule has 1 aliphatic rings. The number of amides is 2. The van der Waals surface area contributed by atoms with E-state index in [4.69, 9.17) is 14.2 Å². The van der Waals surface area contributed by atoms with Crippen molar-refractivity contribution in [3.05, 3.63) is 120 Å². The summed E-state index contributed by atoms with van der Waals surface area (Å²) in [5, 5.41) is 14.1. The number of anilines is 1. The van der Waals surface area contributed by atoms with Crippen molar-refractivity contribution in [1.82, 2.24) is 4.90 Å². The van der Waals surface area contributed by atoms with Gasteiger partial charge in [0.25, 0.3) is 5.91 Å². The van der Waals surface area contributed by atoms with Crippen molar-refractivity contribution in [2.75, 3.05) is 32.7 Å². The maximum absolute atomic E-state index is 14.2. The Bertz CT molecular complexity index is 1670. The minimum atomic E-state index is -2.43. The van der Waals surface area contributed by atoms with E-state index in [1.807, 2.05) is 78.9 Å². The fourth-order valence-corrected chi connectivity index (χ4v) is 10.1. The number of carbonyl (C=O) groups is 2. The molecule has 0 radical (unpaired) electrons. The number of hydrogen-bond donors (Lipinski definition) is 2. The van der Waals surface area contributed by atoms with Crippen LogP contribution in [0.2, 0.25) is 18.6 Å². The number of nitrogens with zero attached hydrogens (tertiary/aromatic N) is 1. The average molecular weight is 667 g/mol. The molecule has 8 nitrogen and oxygen atoms in total. The van der Waals surface area contributed by atoms with Gasteiger partial charge in [-0.05, 0) is 48.0 Å². The van der Waals surface area contributed by atoms with Gasteiger partial charge in [-0.25, -0.2) is 0 Å². The summed E-state index contributed by atoms with van der Waals surface area (Å²) in [5.41, 5.74) is 2.94. The molecule has 0 fully saturated rings. The van der Waals surface area contributed by atoms with Crippen molar-refractivity contribution in [3.8, 4) is 11.5 Å². The lowest BCUT2D eigenvalue weighted by atomic mass is 9.86. The summed E-state index contributed by atoms with van der Waals surface area (Å²) in [5.74, 6) is 1.11. The molecule has 2 amide bonds. The first-order valence-corrected chi connectivity index (χ1v) is 19.5. The standard InChI is InChI=1S/C39H46N2O6Si/c1-27-37(46-3)33-24-30(40-39(44)29-14-10-7-11-15-29)16-21-34(33)47-38(27)35(48(4,5)32-19-17-31(45-2)18-20-32)25-36(43)41(22-23-42)26-28-12-8-6-9-13-28/h6-21,24,27,35,37-38,42H,22-23,25-26H2,1-5H3,(H,40,44)/t27-,35?,37-,38-/m0/s1. The lowest BCUT2D eigenvalue weighted by molar-refractivity contribution is -0.133. The van der Waals surface area contributed by atoms with E-state index in [0.29, 0.717) is 23.5 Å². The minimum absolute atomic E-state index is 0.0264. The second kappa shape index (κ2) is 15.6. The molecular weight excluding hydrogens is 621 g/mol. The monoisotopic (exact) mass is 666 g/mol. The first-order chi connectivity index (χ1) is 23.2. The van der Waals surface area contributed by atoms with Gasteiger partial charge < -0.3 is 29.5 Å². The summed E-state index contributed by atoms with van der Waals surface area (Å²) in [6, 6.07) is 32.8. The molecule has 2 N–H and O–H groups in total. The zero-order chi connectivity index (χ0) is 34.3. The Morgan fingerprint density at radius 2 is 1.60 bits per heavy atom. The number of nitrogens with one attached hydrogen (secondary N) is 1. The van der Waals surface area contributed by atoms with Crippen LogP contribution in [0.5, 0.6) is 11.5 Å². The number of carbonyl (C=O) groups excluding carboxylic acids is 2. The number of fused-ring (bicyclic) bond motifs is 1. The molecule has 252 valence electrons. The quantitative estimate of drug-likeness (QED) is 0.160. The van der Waals surface area contributed by atoms with E-state index in [0.717, 1.165) is 16.9 Å². The van der Waals surface area contributed by atoms with Gasteiger partial charge in [0.1, 0.15) is 17.6 Å². The molecule has 1 unspecified atom stereocenters. The molecule has 5 rings (SSSR count). The van der Waals surface area contributed by atoms with Crippen LogP contribution in [0, 0.1) is 5.92 Å². The van der Waals surface area contributed by atoms with E-state index in [1.54, 1.807) is 31.3 Å². The Morgan fingerprint density at radius 1 is 0.938 bits per heavy atom. The van der Waals surface area contributed by atoms with Crippen LogP contribution >= 0.6 is 0 Å². The Kier molecular flexibility index (Phi) is 11.4. The molecule has 0 spiro atoms. The molecule has 1 heterocycles. The van der Waals surface area contributed by atoms with E-state index < -0.39 is 8.07 Å². The first-order valence-electron chi connectivity index (χ1n) is 16.4. The van der Waals surface area contributed by atoms with Crippen LogP contribution < -0.4 is 20.0 Å². The normalized spacial score (nSPS) is 17.8. The highest BCUT2D eigenvalue weighted by Gasteiger charge is 2.48. The van der Waals surface area contributed by atoms with Crippen LogP contribution in [0.25, 0.3) is 0 Å². The number of rotatable bonds is 13. The summed E-state index contributed by atoms with van der Waals surface area (Å²) in [4.78, 5) is 28.9. The fraction of sp³-hybridized carbons (Fsp3) is 0.333. The number of ether oxygens (including phenoxy) is 3. The maximum Gasteiger partial charge on any atom is 0.255 e. The van der Waals surface area contributed by atoms with Gasteiger partial charge in [0.15, 0.2) is 0 Å². The largest absolute Gasteiger partial charge is 0.497 e. The van der Waals surface area contributed by atoms with Crippen molar-refractivity contribution in [1.29, 1.82) is 0 Å². The van der Waals surface area contributed by atoms with Gasteiger partial charge in [-0.1, -0.05) is 85.9 Å². The van der Waals surface area contributed by atoms with E-state index in [9.17, 15) is 14.7 Å². The number of aliphatic hydroxyl groups is 1. The van der Waals surface area contributed by atoms with Gasteiger partial charge in [0.05, 0.1) is 27.9 Å². The predicted molar refractivity (Wildman–Crippen MR) is 192 cm³/mol. The molecule has 0 bridgehead atoms.